The second kappa shape index (κ2) is 8.08. The van der Waals surface area contributed by atoms with Crippen molar-refractivity contribution in [1.29, 1.82) is 0 Å². The summed E-state index contributed by atoms with van der Waals surface area (Å²) in [6.07, 6.45) is 2.65. The lowest BCUT2D eigenvalue weighted by atomic mass is 10.1. The van der Waals surface area contributed by atoms with Gasteiger partial charge in [-0.05, 0) is 37.6 Å². The van der Waals surface area contributed by atoms with E-state index in [1.807, 2.05) is 37.3 Å². The molecule has 0 atom stereocenters. The topological polar surface area (TPSA) is 50.3 Å². The van der Waals surface area contributed by atoms with Gasteiger partial charge in [0.05, 0.1) is 0 Å². The van der Waals surface area contributed by atoms with Crippen molar-refractivity contribution in [3.05, 3.63) is 66.0 Å². The van der Waals surface area contributed by atoms with Crippen molar-refractivity contribution in [3.8, 4) is 0 Å². The maximum Gasteiger partial charge on any atom is 0.253 e. The number of carbonyl (C=O) groups excluding carboxylic acids is 2. The van der Waals surface area contributed by atoms with Gasteiger partial charge in [0.25, 0.3) is 5.91 Å². The number of benzene rings is 1. The molecule has 0 unspecified atom stereocenters. The first-order valence-electron chi connectivity index (χ1n) is 7.51. The van der Waals surface area contributed by atoms with Crippen molar-refractivity contribution < 1.29 is 9.59 Å². The smallest absolute Gasteiger partial charge is 0.253 e. The first-order valence-corrected chi connectivity index (χ1v) is 7.51. The lowest BCUT2D eigenvalue weighted by Gasteiger charge is -2.20. The molecule has 4 nitrogen and oxygen atoms in total. The van der Waals surface area contributed by atoms with Crippen LogP contribution >= 0.6 is 0 Å². The molecule has 1 aromatic heterocycles. The van der Waals surface area contributed by atoms with Crippen molar-refractivity contribution in [1.82, 2.24) is 9.88 Å². The molecule has 1 aromatic carbocycles. The van der Waals surface area contributed by atoms with Crippen LogP contribution in [0.3, 0.4) is 0 Å². The van der Waals surface area contributed by atoms with E-state index in [0.29, 0.717) is 37.2 Å². The van der Waals surface area contributed by atoms with Crippen molar-refractivity contribution in [2.75, 3.05) is 13.1 Å². The summed E-state index contributed by atoms with van der Waals surface area (Å²) in [5.41, 5.74) is 1.17. The first-order chi connectivity index (χ1) is 10.7. The zero-order valence-electron chi connectivity index (χ0n) is 12.7. The Morgan fingerprint density at radius 1 is 1.05 bits per heavy atom. The van der Waals surface area contributed by atoms with Crippen LogP contribution < -0.4 is 0 Å². The summed E-state index contributed by atoms with van der Waals surface area (Å²) in [5.74, 6) is 0.0252. The Morgan fingerprint density at radius 2 is 1.77 bits per heavy atom. The number of amides is 1. The molecule has 0 fully saturated rings. The van der Waals surface area contributed by atoms with E-state index in [1.54, 1.807) is 29.3 Å². The number of pyridine rings is 1. The minimum atomic E-state index is 0.00776. The maximum atomic E-state index is 12.4. The molecule has 1 heterocycles. The van der Waals surface area contributed by atoms with Gasteiger partial charge in [-0.3, -0.25) is 14.6 Å². The minimum Gasteiger partial charge on any atom is -0.339 e. The molecule has 0 bridgehead atoms. The summed E-state index contributed by atoms with van der Waals surface area (Å²) in [6.45, 7) is 3.15. The molecular formula is C18H20N2O2. The fourth-order valence-electron chi connectivity index (χ4n) is 2.25. The van der Waals surface area contributed by atoms with Crippen LogP contribution in [-0.2, 0) is 0 Å². The third-order valence-corrected chi connectivity index (χ3v) is 3.47. The summed E-state index contributed by atoms with van der Waals surface area (Å²) >= 11 is 0. The zero-order chi connectivity index (χ0) is 15.8. The van der Waals surface area contributed by atoms with E-state index >= 15 is 0 Å². The Kier molecular flexibility index (Phi) is 5.83. The molecule has 0 aliphatic rings. The average Bonchev–Trinajstić information content (AvgIpc) is 2.59. The van der Waals surface area contributed by atoms with Crippen LogP contribution in [0.25, 0.3) is 0 Å². The van der Waals surface area contributed by atoms with Gasteiger partial charge in [0, 0.05) is 31.3 Å². The summed E-state index contributed by atoms with van der Waals surface area (Å²) in [7, 11) is 0. The van der Waals surface area contributed by atoms with Gasteiger partial charge in [-0.15, -0.1) is 0 Å². The Balaban J connectivity index is 1.87. The highest BCUT2D eigenvalue weighted by Crippen LogP contribution is 2.08. The number of hydrogen-bond donors (Lipinski definition) is 0. The van der Waals surface area contributed by atoms with E-state index in [2.05, 4.69) is 4.98 Å². The number of nitrogens with zero attached hydrogens (tertiary/aromatic N) is 2. The molecule has 0 radical (unpaired) electrons. The SMILES string of the molecule is CCN(CCCC(=O)c1ccccn1)C(=O)c1ccccc1. The second-order valence-corrected chi connectivity index (χ2v) is 4.99. The highest BCUT2D eigenvalue weighted by Gasteiger charge is 2.14. The van der Waals surface area contributed by atoms with Crippen LogP contribution in [0.2, 0.25) is 0 Å². The molecule has 114 valence electrons. The van der Waals surface area contributed by atoms with Gasteiger partial charge in [0.15, 0.2) is 5.78 Å². The molecule has 0 aliphatic carbocycles. The molecule has 2 aromatic rings. The molecule has 0 N–H and O–H groups in total. The molecule has 0 saturated heterocycles. The molecule has 4 heteroatoms. The van der Waals surface area contributed by atoms with Crippen LogP contribution in [0.1, 0.15) is 40.6 Å². The number of carbonyl (C=O) groups is 2. The van der Waals surface area contributed by atoms with Gasteiger partial charge < -0.3 is 4.90 Å². The molecule has 0 saturated carbocycles. The van der Waals surface area contributed by atoms with Crippen LogP contribution in [0.4, 0.5) is 0 Å². The number of aromatic nitrogens is 1. The Hall–Kier alpha value is -2.49. The average molecular weight is 296 g/mol. The molecule has 0 spiro atoms. The Morgan fingerprint density at radius 3 is 2.41 bits per heavy atom. The lowest BCUT2D eigenvalue weighted by molar-refractivity contribution is 0.0755. The van der Waals surface area contributed by atoms with Gasteiger partial charge in [-0.1, -0.05) is 24.3 Å². The van der Waals surface area contributed by atoms with E-state index in [-0.39, 0.29) is 11.7 Å². The number of Topliss-reactive ketones (excluding diaryl/α,β-unsaturated/α-hetero) is 1. The van der Waals surface area contributed by atoms with Gasteiger partial charge in [-0.2, -0.15) is 0 Å². The summed E-state index contributed by atoms with van der Waals surface area (Å²) in [6, 6.07) is 14.5. The van der Waals surface area contributed by atoms with Crippen molar-refractivity contribution in [2.24, 2.45) is 0 Å². The molecule has 1 amide bonds. The minimum absolute atomic E-state index is 0.00776. The Labute approximate surface area is 130 Å². The summed E-state index contributed by atoms with van der Waals surface area (Å²) in [4.78, 5) is 30.2. The standard InChI is InChI=1S/C18H20N2O2/c1-2-20(18(22)15-9-4-3-5-10-15)14-8-12-17(21)16-11-6-7-13-19-16/h3-7,9-11,13H,2,8,12,14H2,1H3. The van der Waals surface area contributed by atoms with E-state index < -0.39 is 0 Å². The number of ketones is 1. The van der Waals surface area contributed by atoms with E-state index in [1.165, 1.54) is 0 Å². The predicted octanol–water partition coefficient (Wildman–Crippen LogP) is 3.21. The largest absolute Gasteiger partial charge is 0.339 e. The van der Waals surface area contributed by atoms with Crippen molar-refractivity contribution in [2.45, 2.75) is 19.8 Å². The van der Waals surface area contributed by atoms with Gasteiger partial charge in [-0.25, -0.2) is 0 Å². The quantitative estimate of drug-likeness (QED) is 0.737. The fraction of sp³-hybridized carbons (Fsp3) is 0.278. The first kappa shape index (κ1) is 15.9. The Bertz CT molecular complexity index is 611. The van der Waals surface area contributed by atoms with Gasteiger partial charge in [0.2, 0.25) is 0 Å². The predicted molar refractivity (Wildman–Crippen MR) is 85.8 cm³/mol. The van der Waals surface area contributed by atoms with Gasteiger partial charge >= 0.3 is 0 Å². The highest BCUT2D eigenvalue weighted by molar-refractivity contribution is 5.95. The van der Waals surface area contributed by atoms with E-state index in [0.717, 1.165) is 0 Å². The second-order valence-electron chi connectivity index (χ2n) is 4.99. The summed E-state index contributed by atoms with van der Waals surface area (Å²) < 4.78 is 0. The third kappa shape index (κ3) is 4.25. The van der Waals surface area contributed by atoms with Crippen molar-refractivity contribution in [3.63, 3.8) is 0 Å². The summed E-state index contributed by atoms with van der Waals surface area (Å²) in [5, 5.41) is 0. The molecule has 0 aliphatic heterocycles. The van der Waals surface area contributed by atoms with Crippen molar-refractivity contribution >= 4 is 11.7 Å². The highest BCUT2D eigenvalue weighted by atomic mass is 16.2. The van der Waals surface area contributed by atoms with Gasteiger partial charge in [0.1, 0.15) is 5.69 Å². The monoisotopic (exact) mass is 296 g/mol. The molecular weight excluding hydrogens is 276 g/mol. The third-order valence-electron chi connectivity index (χ3n) is 3.47. The van der Waals surface area contributed by atoms with Crippen LogP contribution in [-0.4, -0.2) is 34.7 Å². The molecule has 22 heavy (non-hydrogen) atoms. The maximum absolute atomic E-state index is 12.4. The normalized spacial score (nSPS) is 10.2. The number of rotatable bonds is 7. The van der Waals surface area contributed by atoms with Crippen LogP contribution in [0.15, 0.2) is 54.7 Å². The number of hydrogen-bond acceptors (Lipinski definition) is 3. The lowest BCUT2D eigenvalue weighted by Crippen LogP contribution is -2.32. The van der Waals surface area contributed by atoms with E-state index in [4.69, 9.17) is 0 Å². The zero-order valence-corrected chi connectivity index (χ0v) is 12.7. The van der Waals surface area contributed by atoms with Crippen LogP contribution in [0, 0.1) is 0 Å². The molecule has 2 rings (SSSR count). The van der Waals surface area contributed by atoms with Crippen LogP contribution in [0.5, 0.6) is 0 Å². The van der Waals surface area contributed by atoms with E-state index in [9.17, 15) is 9.59 Å². The fourth-order valence-corrected chi connectivity index (χ4v) is 2.25.